The van der Waals surface area contributed by atoms with Gasteiger partial charge in [-0.25, -0.2) is 8.78 Å². The van der Waals surface area contributed by atoms with Crippen LogP contribution < -0.4 is 0 Å². The van der Waals surface area contributed by atoms with Gasteiger partial charge in [0.1, 0.15) is 11.6 Å². The van der Waals surface area contributed by atoms with Crippen LogP contribution in [0.3, 0.4) is 0 Å². The zero-order valence-corrected chi connectivity index (χ0v) is 6.38. The molecule has 1 atom stereocenters. The summed E-state index contributed by atoms with van der Waals surface area (Å²) >= 11 is 0. The topological polar surface area (TPSA) is 29.1 Å². The van der Waals surface area contributed by atoms with Gasteiger partial charge < -0.3 is 4.74 Å². The van der Waals surface area contributed by atoms with Gasteiger partial charge in [0.25, 0.3) is 0 Å². The van der Waals surface area contributed by atoms with Crippen LogP contribution >= 0.6 is 0 Å². The molecule has 1 radical (unpaired) electrons. The minimum Gasteiger partial charge on any atom is -0.349 e. The fourth-order valence-corrected chi connectivity index (χ4v) is 0.847. The third-order valence-electron chi connectivity index (χ3n) is 1.37. The quantitative estimate of drug-likeness (QED) is 0.629. The van der Waals surface area contributed by atoms with Crippen molar-refractivity contribution in [2.24, 2.45) is 0 Å². The zero-order valence-electron chi connectivity index (χ0n) is 6.38. The molecule has 0 saturated carbocycles. The van der Waals surface area contributed by atoms with Crippen LogP contribution in [0.2, 0.25) is 0 Å². The van der Waals surface area contributed by atoms with Crippen molar-refractivity contribution in [3.05, 3.63) is 35.4 Å². The van der Waals surface area contributed by atoms with E-state index in [9.17, 15) is 13.9 Å². The first kappa shape index (κ1) is 9.09. The standard InChI is InChI=1S/C8H7F2O2/c1-12-8(11)5-2-6(9)4-7(10)3-5/h2-4,8H,1H3. The van der Waals surface area contributed by atoms with Crippen LogP contribution in [0.15, 0.2) is 18.2 Å². The third-order valence-corrected chi connectivity index (χ3v) is 1.37. The number of rotatable bonds is 2. The summed E-state index contributed by atoms with van der Waals surface area (Å²) in [5, 5.41) is 10.8. The van der Waals surface area contributed by atoms with Gasteiger partial charge in [0.2, 0.25) is 6.29 Å². The number of methoxy groups -OCH3 is 1. The first-order valence-electron chi connectivity index (χ1n) is 3.28. The molecule has 0 aliphatic heterocycles. The normalized spacial score (nSPS) is 13.0. The summed E-state index contributed by atoms with van der Waals surface area (Å²) in [6.07, 6.45) is -1.53. The van der Waals surface area contributed by atoms with E-state index in [1.807, 2.05) is 0 Å². The minimum absolute atomic E-state index is 0.0463. The first-order valence-corrected chi connectivity index (χ1v) is 3.28. The Morgan fingerprint density at radius 2 is 1.75 bits per heavy atom. The molecule has 0 saturated heterocycles. The molecule has 65 valence electrons. The highest BCUT2D eigenvalue weighted by atomic mass is 19.1. The second-order valence-electron chi connectivity index (χ2n) is 2.27. The highest BCUT2D eigenvalue weighted by Crippen LogP contribution is 2.16. The second-order valence-corrected chi connectivity index (χ2v) is 2.27. The summed E-state index contributed by atoms with van der Waals surface area (Å²) in [4.78, 5) is 0. The van der Waals surface area contributed by atoms with E-state index >= 15 is 0 Å². The smallest absolute Gasteiger partial charge is 0.217 e. The van der Waals surface area contributed by atoms with Crippen LogP contribution in [0.25, 0.3) is 0 Å². The predicted octanol–water partition coefficient (Wildman–Crippen LogP) is 2.04. The molecule has 0 heterocycles. The monoisotopic (exact) mass is 173 g/mol. The van der Waals surface area contributed by atoms with Crippen molar-refractivity contribution in [2.45, 2.75) is 6.29 Å². The second kappa shape index (κ2) is 3.60. The molecule has 4 heteroatoms. The third kappa shape index (κ3) is 1.99. The Morgan fingerprint density at radius 1 is 1.25 bits per heavy atom. The fourth-order valence-electron chi connectivity index (χ4n) is 0.847. The van der Waals surface area contributed by atoms with Gasteiger partial charge in [-0.15, -0.1) is 0 Å². The molecule has 0 N–H and O–H groups in total. The lowest BCUT2D eigenvalue weighted by Gasteiger charge is -2.05. The predicted molar refractivity (Wildman–Crippen MR) is 36.8 cm³/mol. The van der Waals surface area contributed by atoms with Crippen molar-refractivity contribution >= 4 is 0 Å². The van der Waals surface area contributed by atoms with E-state index in [1.54, 1.807) is 0 Å². The highest BCUT2D eigenvalue weighted by molar-refractivity contribution is 5.18. The number of benzene rings is 1. The molecular weight excluding hydrogens is 166 g/mol. The Hall–Kier alpha value is -1.00. The van der Waals surface area contributed by atoms with Crippen LogP contribution in [0.1, 0.15) is 11.9 Å². The number of halogens is 2. The maximum atomic E-state index is 12.5. The van der Waals surface area contributed by atoms with Gasteiger partial charge in [-0.3, -0.25) is 0 Å². The Morgan fingerprint density at radius 3 is 2.17 bits per heavy atom. The maximum Gasteiger partial charge on any atom is 0.217 e. The van der Waals surface area contributed by atoms with E-state index in [4.69, 9.17) is 0 Å². The van der Waals surface area contributed by atoms with E-state index in [0.717, 1.165) is 12.1 Å². The lowest BCUT2D eigenvalue weighted by molar-refractivity contribution is -0.123. The van der Waals surface area contributed by atoms with E-state index < -0.39 is 17.9 Å². The van der Waals surface area contributed by atoms with Crippen LogP contribution in [0, 0.1) is 11.6 Å². The molecule has 1 unspecified atom stereocenters. The molecule has 0 aliphatic carbocycles. The molecule has 0 aromatic heterocycles. The maximum absolute atomic E-state index is 12.5. The molecule has 12 heavy (non-hydrogen) atoms. The number of hydrogen-bond donors (Lipinski definition) is 0. The van der Waals surface area contributed by atoms with Crippen molar-refractivity contribution in [3.63, 3.8) is 0 Å². The Bertz CT molecular complexity index is 256. The lowest BCUT2D eigenvalue weighted by Crippen LogP contribution is -1.99. The summed E-state index contributed by atoms with van der Waals surface area (Å²) in [6.45, 7) is 0. The van der Waals surface area contributed by atoms with Crippen molar-refractivity contribution in [3.8, 4) is 0 Å². The first-order chi connectivity index (χ1) is 5.63. The van der Waals surface area contributed by atoms with Gasteiger partial charge in [-0.05, 0) is 12.1 Å². The van der Waals surface area contributed by atoms with Gasteiger partial charge in [0, 0.05) is 18.7 Å². The summed E-state index contributed by atoms with van der Waals surface area (Å²) in [7, 11) is 1.18. The molecule has 1 aromatic carbocycles. The van der Waals surface area contributed by atoms with Crippen molar-refractivity contribution in [1.29, 1.82) is 0 Å². The molecule has 0 aliphatic rings. The summed E-state index contributed by atoms with van der Waals surface area (Å²) in [5.41, 5.74) is -0.0463. The molecular formula is C8H7F2O2. The van der Waals surface area contributed by atoms with E-state index in [2.05, 4.69) is 4.74 Å². The molecule has 1 aromatic rings. The summed E-state index contributed by atoms with van der Waals surface area (Å²) in [6, 6.07) is 2.60. The van der Waals surface area contributed by atoms with Gasteiger partial charge in [-0.1, -0.05) is 0 Å². The Labute approximate surface area is 68.4 Å². The van der Waals surface area contributed by atoms with Gasteiger partial charge in [-0.2, -0.15) is 5.11 Å². The molecule has 2 nitrogen and oxygen atoms in total. The van der Waals surface area contributed by atoms with Crippen LogP contribution in [-0.2, 0) is 9.84 Å². The van der Waals surface area contributed by atoms with Crippen molar-refractivity contribution < 1.29 is 18.6 Å². The van der Waals surface area contributed by atoms with Gasteiger partial charge in [0.15, 0.2) is 0 Å². The molecule has 0 spiro atoms. The SMILES string of the molecule is COC([O])c1cc(F)cc(F)c1. The average molecular weight is 173 g/mol. The van der Waals surface area contributed by atoms with Gasteiger partial charge >= 0.3 is 0 Å². The van der Waals surface area contributed by atoms with Crippen LogP contribution in [0.4, 0.5) is 8.78 Å². The number of hydrogen-bond acceptors (Lipinski definition) is 1. The van der Waals surface area contributed by atoms with Crippen LogP contribution in [0.5, 0.6) is 0 Å². The minimum atomic E-state index is -1.53. The molecule has 0 fully saturated rings. The highest BCUT2D eigenvalue weighted by Gasteiger charge is 2.09. The van der Waals surface area contributed by atoms with Crippen molar-refractivity contribution in [1.82, 2.24) is 0 Å². The van der Waals surface area contributed by atoms with E-state index in [1.165, 1.54) is 7.11 Å². The average Bonchev–Trinajstić information content (AvgIpc) is 2.01. The summed E-state index contributed by atoms with van der Waals surface area (Å²) < 4.78 is 29.3. The van der Waals surface area contributed by atoms with E-state index in [0.29, 0.717) is 6.07 Å². The Balaban J connectivity index is 3.00. The van der Waals surface area contributed by atoms with Crippen molar-refractivity contribution in [2.75, 3.05) is 7.11 Å². The largest absolute Gasteiger partial charge is 0.349 e. The van der Waals surface area contributed by atoms with Gasteiger partial charge in [0.05, 0.1) is 0 Å². The molecule has 0 amide bonds. The molecule has 1 rings (SSSR count). The molecule has 0 bridgehead atoms. The lowest BCUT2D eigenvalue weighted by atomic mass is 10.2. The summed E-state index contributed by atoms with van der Waals surface area (Å²) in [5.74, 6) is -1.55. The van der Waals surface area contributed by atoms with E-state index in [-0.39, 0.29) is 5.56 Å². The fraction of sp³-hybridized carbons (Fsp3) is 0.250. The van der Waals surface area contributed by atoms with Crippen LogP contribution in [-0.4, -0.2) is 7.11 Å². The zero-order chi connectivity index (χ0) is 9.14. The Kier molecular flexibility index (Phi) is 2.73. The number of ether oxygens (including phenoxy) is 1.